The first-order chi connectivity index (χ1) is 7.21. The van der Waals surface area contributed by atoms with E-state index in [0.29, 0.717) is 19.5 Å². The van der Waals surface area contributed by atoms with Gasteiger partial charge in [0.25, 0.3) is 0 Å². The minimum atomic E-state index is -3.15. The van der Waals surface area contributed by atoms with Crippen LogP contribution in [0.15, 0.2) is 0 Å². The highest BCUT2D eigenvalue weighted by Crippen LogP contribution is 2.08. The first kappa shape index (κ1) is 15.8. The Morgan fingerprint density at radius 1 is 1.25 bits per heavy atom. The molecule has 0 bridgehead atoms. The van der Waals surface area contributed by atoms with E-state index in [1.54, 1.807) is 0 Å². The molecule has 0 aliphatic carbocycles. The standard InChI is InChI=1S/C10H25N3O2S/c1-10(2,13(3)4)9-12-16(14,15)8-6-5-7-11/h12H,5-9,11H2,1-4H3. The van der Waals surface area contributed by atoms with Crippen LogP contribution in [-0.4, -0.2) is 51.8 Å². The average Bonchev–Trinajstić information content (AvgIpc) is 2.15. The summed E-state index contributed by atoms with van der Waals surface area (Å²) in [6.45, 7) is 4.95. The molecule has 0 amide bonds. The Morgan fingerprint density at radius 2 is 1.81 bits per heavy atom. The number of likely N-dealkylation sites (N-methyl/N-ethyl adjacent to an activating group) is 1. The molecule has 0 saturated carbocycles. The number of nitrogens with one attached hydrogen (secondary N) is 1. The molecule has 0 aromatic carbocycles. The molecule has 0 aliphatic heterocycles. The smallest absolute Gasteiger partial charge is 0.211 e. The van der Waals surface area contributed by atoms with Crippen LogP contribution in [0.1, 0.15) is 26.7 Å². The van der Waals surface area contributed by atoms with Crippen LogP contribution < -0.4 is 10.5 Å². The van der Waals surface area contributed by atoms with Crippen LogP contribution in [-0.2, 0) is 10.0 Å². The second kappa shape index (κ2) is 6.54. The maximum Gasteiger partial charge on any atom is 0.211 e. The molecule has 0 atom stereocenters. The van der Waals surface area contributed by atoms with Crippen molar-refractivity contribution in [3.8, 4) is 0 Å². The van der Waals surface area contributed by atoms with Gasteiger partial charge in [0.05, 0.1) is 5.75 Å². The van der Waals surface area contributed by atoms with Crippen LogP contribution >= 0.6 is 0 Å². The van der Waals surface area contributed by atoms with Crippen molar-refractivity contribution in [1.82, 2.24) is 9.62 Å². The van der Waals surface area contributed by atoms with Crippen molar-refractivity contribution in [2.45, 2.75) is 32.2 Å². The zero-order chi connectivity index (χ0) is 12.8. The monoisotopic (exact) mass is 251 g/mol. The van der Waals surface area contributed by atoms with Crippen LogP contribution in [0.5, 0.6) is 0 Å². The second-order valence-corrected chi connectivity index (χ2v) is 6.77. The van der Waals surface area contributed by atoms with Gasteiger partial charge in [0.1, 0.15) is 0 Å². The second-order valence-electron chi connectivity index (χ2n) is 4.84. The summed E-state index contributed by atoms with van der Waals surface area (Å²) in [5.41, 5.74) is 5.14. The molecule has 0 radical (unpaired) electrons. The van der Waals surface area contributed by atoms with E-state index >= 15 is 0 Å². The van der Waals surface area contributed by atoms with Crippen molar-refractivity contribution in [1.29, 1.82) is 0 Å². The van der Waals surface area contributed by atoms with E-state index in [1.165, 1.54) is 0 Å². The summed E-state index contributed by atoms with van der Waals surface area (Å²) in [6.07, 6.45) is 1.37. The van der Waals surface area contributed by atoms with Crippen LogP contribution in [0.25, 0.3) is 0 Å². The fraction of sp³-hybridized carbons (Fsp3) is 1.00. The summed E-state index contributed by atoms with van der Waals surface area (Å²) >= 11 is 0. The predicted octanol–water partition coefficient (Wildman–Crippen LogP) is -0.0151. The Hall–Kier alpha value is -0.170. The van der Waals surface area contributed by atoms with Gasteiger partial charge in [-0.1, -0.05) is 0 Å². The number of hydrogen-bond acceptors (Lipinski definition) is 4. The number of unbranched alkanes of at least 4 members (excludes halogenated alkanes) is 1. The molecular formula is C10H25N3O2S. The first-order valence-electron chi connectivity index (χ1n) is 5.56. The number of nitrogens with zero attached hydrogens (tertiary/aromatic N) is 1. The lowest BCUT2D eigenvalue weighted by molar-refractivity contribution is 0.199. The Balaban J connectivity index is 4.09. The molecule has 0 saturated heterocycles. The van der Waals surface area contributed by atoms with Gasteiger partial charge < -0.3 is 10.6 Å². The normalized spacial score (nSPS) is 13.4. The largest absolute Gasteiger partial charge is 0.330 e. The van der Waals surface area contributed by atoms with Gasteiger partial charge in [0, 0.05) is 12.1 Å². The topological polar surface area (TPSA) is 75.4 Å². The van der Waals surface area contributed by atoms with Crippen molar-refractivity contribution < 1.29 is 8.42 Å². The zero-order valence-electron chi connectivity index (χ0n) is 10.8. The molecule has 0 aliphatic rings. The minimum absolute atomic E-state index is 0.160. The molecule has 16 heavy (non-hydrogen) atoms. The first-order valence-corrected chi connectivity index (χ1v) is 7.21. The van der Waals surface area contributed by atoms with Crippen molar-refractivity contribution in [3.05, 3.63) is 0 Å². The van der Waals surface area contributed by atoms with Crippen LogP contribution in [0.3, 0.4) is 0 Å². The van der Waals surface area contributed by atoms with Crippen LogP contribution in [0.2, 0.25) is 0 Å². The molecule has 3 N–H and O–H groups in total. The highest BCUT2D eigenvalue weighted by molar-refractivity contribution is 7.89. The third kappa shape index (κ3) is 6.42. The Bertz CT molecular complexity index is 286. The average molecular weight is 251 g/mol. The quantitative estimate of drug-likeness (QED) is 0.595. The van der Waals surface area contributed by atoms with Gasteiger partial charge in [-0.05, 0) is 47.3 Å². The van der Waals surface area contributed by atoms with E-state index in [0.717, 1.165) is 6.42 Å². The Labute approximate surface area is 99.4 Å². The van der Waals surface area contributed by atoms with Crippen molar-refractivity contribution in [2.24, 2.45) is 5.73 Å². The summed E-state index contributed by atoms with van der Waals surface area (Å²) in [5, 5.41) is 0. The van der Waals surface area contributed by atoms with Gasteiger partial charge in [-0.2, -0.15) is 0 Å². The summed E-state index contributed by atoms with van der Waals surface area (Å²) in [5.74, 6) is 0.160. The number of sulfonamides is 1. The van der Waals surface area contributed by atoms with E-state index < -0.39 is 10.0 Å². The Morgan fingerprint density at radius 3 is 2.25 bits per heavy atom. The van der Waals surface area contributed by atoms with Crippen molar-refractivity contribution >= 4 is 10.0 Å². The molecule has 98 valence electrons. The van der Waals surface area contributed by atoms with Crippen LogP contribution in [0.4, 0.5) is 0 Å². The maximum absolute atomic E-state index is 11.6. The summed E-state index contributed by atoms with van der Waals surface area (Å²) in [6, 6.07) is 0. The molecule has 0 aromatic rings. The van der Waals surface area contributed by atoms with Crippen molar-refractivity contribution in [2.75, 3.05) is 32.9 Å². The number of hydrogen-bond donors (Lipinski definition) is 2. The predicted molar refractivity (Wildman–Crippen MR) is 67.8 cm³/mol. The fourth-order valence-corrected chi connectivity index (χ4v) is 2.25. The van der Waals surface area contributed by atoms with Gasteiger partial charge in [-0.15, -0.1) is 0 Å². The summed E-state index contributed by atoms with van der Waals surface area (Å²) < 4.78 is 25.8. The number of nitrogens with two attached hydrogens (primary N) is 1. The zero-order valence-corrected chi connectivity index (χ0v) is 11.6. The van der Waals surface area contributed by atoms with E-state index in [9.17, 15) is 8.42 Å². The molecule has 0 spiro atoms. The highest BCUT2D eigenvalue weighted by atomic mass is 32.2. The maximum atomic E-state index is 11.6. The lowest BCUT2D eigenvalue weighted by atomic mass is 10.1. The number of rotatable bonds is 8. The summed E-state index contributed by atoms with van der Waals surface area (Å²) in [4.78, 5) is 2.00. The van der Waals surface area contributed by atoms with Gasteiger partial charge in [0.15, 0.2) is 0 Å². The van der Waals surface area contributed by atoms with Crippen molar-refractivity contribution in [3.63, 3.8) is 0 Å². The fourth-order valence-electron chi connectivity index (χ4n) is 0.953. The van der Waals surface area contributed by atoms with Gasteiger partial charge in [-0.3, -0.25) is 0 Å². The van der Waals surface area contributed by atoms with E-state index in [2.05, 4.69) is 4.72 Å². The molecule has 0 rings (SSSR count). The third-order valence-corrected chi connectivity index (χ3v) is 4.21. The van der Waals surface area contributed by atoms with E-state index in [4.69, 9.17) is 5.73 Å². The van der Waals surface area contributed by atoms with Gasteiger partial charge in [0.2, 0.25) is 10.0 Å². The molecular weight excluding hydrogens is 226 g/mol. The summed E-state index contributed by atoms with van der Waals surface area (Å²) in [7, 11) is 0.714. The molecule has 5 nitrogen and oxygen atoms in total. The van der Waals surface area contributed by atoms with Gasteiger partial charge >= 0.3 is 0 Å². The lowest BCUT2D eigenvalue weighted by Crippen LogP contribution is -2.48. The third-order valence-electron chi connectivity index (χ3n) is 2.80. The molecule has 6 heteroatoms. The Kier molecular flexibility index (Phi) is 6.47. The lowest BCUT2D eigenvalue weighted by Gasteiger charge is -2.32. The van der Waals surface area contributed by atoms with E-state index in [1.807, 2.05) is 32.8 Å². The molecule has 0 aromatic heterocycles. The minimum Gasteiger partial charge on any atom is -0.330 e. The SMILES string of the molecule is CN(C)C(C)(C)CNS(=O)(=O)CCCCN. The highest BCUT2D eigenvalue weighted by Gasteiger charge is 2.22. The van der Waals surface area contributed by atoms with Gasteiger partial charge in [-0.25, -0.2) is 13.1 Å². The molecule has 0 heterocycles. The molecule has 0 fully saturated rings. The molecule has 0 unspecified atom stereocenters. The van der Waals surface area contributed by atoms with E-state index in [-0.39, 0.29) is 11.3 Å². The van der Waals surface area contributed by atoms with Crippen LogP contribution in [0, 0.1) is 0 Å².